The van der Waals surface area contributed by atoms with Gasteiger partial charge in [-0.25, -0.2) is 0 Å². The van der Waals surface area contributed by atoms with Crippen LogP contribution in [0.2, 0.25) is 0 Å². The van der Waals surface area contributed by atoms with E-state index in [0.717, 1.165) is 31.4 Å². The minimum atomic E-state index is -4.74. The van der Waals surface area contributed by atoms with Gasteiger partial charge in [-0.2, -0.15) is 0 Å². The van der Waals surface area contributed by atoms with Crippen molar-refractivity contribution in [1.82, 2.24) is 0 Å². The molecule has 0 spiro atoms. The van der Waals surface area contributed by atoms with E-state index in [2.05, 4.69) is 10.1 Å². The van der Waals surface area contributed by atoms with Crippen molar-refractivity contribution in [2.75, 3.05) is 11.9 Å². The number of benzene rings is 2. The van der Waals surface area contributed by atoms with Crippen LogP contribution in [0.25, 0.3) is 0 Å². The highest BCUT2D eigenvalue weighted by Crippen LogP contribution is 2.26. The molecule has 4 nitrogen and oxygen atoms in total. The van der Waals surface area contributed by atoms with E-state index in [1.807, 2.05) is 18.2 Å². The predicted molar refractivity (Wildman–Crippen MR) is 90.3 cm³/mol. The molecule has 0 aromatic heterocycles. The lowest BCUT2D eigenvalue weighted by molar-refractivity contribution is -0.274. The Hall–Kier alpha value is -2.70. The Morgan fingerprint density at radius 3 is 2.31 bits per heavy atom. The van der Waals surface area contributed by atoms with Gasteiger partial charge in [0.05, 0.1) is 0 Å². The van der Waals surface area contributed by atoms with Crippen LogP contribution in [0.4, 0.5) is 18.9 Å². The highest BCUT2D eigenvalue weighted by Gasteiger charge is 2.30. The number of carbonyl (C=O) groups excluding carboxylic acids is 1. The maximum absolute atomic E-state index is 12.1. The Morgan fingerprint density at radius 2 is 1.62 bits per heavy atom. The third kappa shape index (κ3) is 5.15. The second-order valence-electron chi connectivity index (χ2n) is 6.05. The molecule has 0 saturated heterocycles. The van der Waals surface area contributed by atoms with Crippen LogP contribution in [0.3, 0.4) is 0 Å². The van der Waals surface area contributed by atoms with E-state index in [1.165, 1.54) is 29.7 Å². The summed E-state index contributed by atoms with van der Waals surface area (Å²) < 4.78 is 45.6. The van der Waals surface area contributed by atoms with Gasteiger partial charge in [0, 0.05) is 5.69 Å². The first-order valence-electron chi connectivity index (χ1n) is 8.29. The van der Waals surface area contributed by atoms with Gasteiger partial charge in [-0.3, -0.25) is 4.79 Å². The number of carbonyl (C=O) groups is 1. The summed E-state index contributed by atoms with van der Waals surface area (Å²) in [7, 11) is 0. The molecule has 0 heterocycles. The number of hydrogen-bond acceptors (Lipinski definition) is 3. The largest absolute Gasteiger partial charge is 0.573 e. The summed E-state index contributed by atoms with van der Waals surface area (Å²) in [5, 5.41) is 2.56. The molecule has 2 aromatic carbocycles. The van der Waals surface area contributed by atoms with Gasteiger partial charge in [0.1, 0.15) is 11.5 Å². The van der Waals surface area contributed by atoms with Crippen molar-refractivity contribution in [2.45, 2.75) is 32.0 Å². The van der Waals surface area contributed by atoms with Gasteiger partial charge in [-0.05, 0) is 73.2 Å². The summed E-state index contributed by atoms with van der Waals surface area (Å²) in [4.78, 5) is 11.9. The second kappa shape index (κ2) is 7.68. The van der Waals surface area contributed by atoms with Crippen LogP contribution in [-0.4, -0.2) is 18.9 Å². The number of aryl methyl sites for hydroxylation is 2. The van der Waals surface area contributed by atoms with E-state index in [9.17, 15) is 18.0 Å². The average Bonchev–Trinajstić information content (AvgIpc) is 2.60. The highest BCUT2D eigenvalue weighted by molar-refractivity contribution is 5.91. The van der Waals surface area contributed by atoms with E-state index >= 15 is 0 Å². The lowest BCUT2D eigenvalue weighted by Crippen LogP contribution is -2.20. The Labute approximate surface area is 148 Å². The van der Waals surface area contributed by atoms with E-state index in [0.29, 0.717) is 11.4 Å². The van der Waals surface area contributed by atoms with Crippen LogP contribution in [0.1, 0.15) is 24.0 Å². The van der Waals surface area contributed by atoms with Crippen molar-refractivity contribution in [1.29, 1.82) is 0 Å². The zero-order valence-electron chi connectivity index (χ0n) is 13.9. The average molecular weight is 365 g/mol. The molecule has 0 aliphatic heterocycles. The van der Waals surface area contributed by atoms with Gasteiger partial charge in [-0.15, -0.1) is 13.2 Å². The van der Waals surface area contributed by atoms with Crippen LogP contribution < -0.4 is 14.8 Å². The molecule has 0 saturated carbocycles. The van der Waals surface area contributed by atoms with Gasteiger partial charge in [0.15, 0.2) is 6.61 Å². The van der Waals surface area contributed by atoms with E-state index in [1.54, 1.807) is 0 Å². The number of anilines is 1. The van der Waals surface area contributed by atoms with Crippen molar-refractivity contribution < 1.29 is 27.4 Å². The number of ether oxygens (including phenoxy) is 2. The fourth-order valence-electron chi connectivity index (χ4n) is 2.89. The molecule has 1 aliphatic rings. The van der Waals surface area contributed by atoms with Crippen molar-refractivity contribution in [3.63, 3.8) is 0 Å². The lowest BCUT2D eigenvalue weighted by atomic mass is 9.92. The maximum atomic E-state index is 12.1. The molecule has 1 aliphatic carbocycles. The zero-order chi connectivity index (χ0) is 18.6. The number of rotatable bonds is 5. The maximum Gasteiger partial charge on any atom is 0.573 e. The topological polar surface area (TPSA) is 47.6 Å². The van der Waals surface area contributed by atoms with Crippen LogP contribution >= 0.6 is 0 Å². The first kappa shape index (κ1) is 18.1. The molecule has 0 bridgehead atoms. The molecule has 0 radical (unpaired) electrons. The standard InChI is InChI=1S/C19H18F3NO3/c20-19(21,22)26-16-9-6-15(7-10-16)23-18(24)12-25-17-8-5-13-3-1-2-4-14(13)11-17/h5-11H,1-4,12H2,(H,23,24). The number of hydrogen-bond donors (Lipinski definition) is 1. The SMILES string of the molecule is O=C(COc1ccc2c(c1)CCCC2)Nc1ccc(OC(F)(F)F)cc1. The van der Waals surface area contributed by atoms with Crippen molar-refractivity contribution in [3.05, 3.63) is 53.6 Å². The van der Waals surface area contributed by atoms with Gasteiger partial charge >= 0.3 is 6.36 Å². The normalized spacial score (nSPS) is 13.7. The molecule has 3 rings (SSSR count). The first-order valence-corrected chi connectivity index (χ1v) is 8.29. The molecule has 138 valence electrons. The zero-order valence-corrected chi connectivity index (χ0v) is 13.9. The molecular formula is C19H18F3NO3. The summed E-state index contributed by atoms with van der Waals surface area (Å²) in [5.74, 6) is -0.109. The quantitative estimate of drug-likeness (QED) is 0.850. The summed E-state index contributed by atoms with van der Waals surface area (Å²) in [6, 6.07) is 10.8. The van der Waals surface area contributed by atoms with Gasteiger partial charge in [0.25, 0.3) is 5.91 Å². The molecule has 26 heavy (non-hydrogen) atoms. The molecular weight excluding hydrogens is 347 g/mol. The molecule has 1 amide bonds. The first-order chi connectivity index (χ1) is 12.4. The fourth-order valence-corrected chi connectivity index (χ4v) is 2.89. The minimum Gasteiger partial charge on any atom is -0.484 e. The number of amides is 1. The van der Waals surface area contributed by atoms with Gasteiger partial charge in [-0.1, -0.05) is 6.07 Å². The summed E-state index contributed by atoms with van der Waals surface area (Å²) >= 11 is 0. The number of halogens is 3. The van der Waals surface area contributed by atoms with Crippen molar-refractivity contribution in [2.24, 2.45) is 0 Å². The Bertz CT molecular complexity index is 773. The van der Waals surface area contributed by atoms with Crippen LogP contribution in [-0.2, 0) is 17.6 Å². The lowest BCUT2D eigenvalue weighted by Gasteiger charge is -2.16. The summed E-state index contributed by atoms with van der Waals surface area (Å²) in [6.45, 7) is -0.181. The Morgan fingerprint density at radius 1 is 0.962 bits per heavy atom. The fraction of sp³-hybridized carbons (Fsp3) is 0.316. The van der Waals surface area contributed by atoms with E-state index in [4.69, 9.17) is 4.74 Å². The third-order valence-corrected chi connectivity index (χ3v) is 4.06. The van der Waals surface area contributed by atoms with Crippen LogP contribution in [0.15, 0.2) is 42.5 Å². The van der Waals surface area contributed by atoms with Crippen LogP contribution in [0.5, 0.6) is 11.5 Å². The van der Waals surface area contributed by atoms with E-state index < -0.39 is 12.3 Å². The highest BCUT2D eigenvalue weighted by atomic mass is 19.4. The molecule has 7 heteroatoms. The second-order valence-corrected chi connectivity index (χ2v) is 6.05. The Balaban J connectivity index is 1.51. The van der Waals surface area contributed by atoms with E-state index in [-0.39, 0.29) is 12.4 Å². The molecule has 1 N–H and O–H groups in total. The molecule has 0 atom stereocenters. The minimum absolute atomic E-state index is 0.181. The molecule has 0 fully saturated rings. The third-order valence-electron chi connectivity index (χ3n) is 4.06. The van der Waals surface area contributed by atoms with Crippen molar-refractivity contribution in [3.8, 4) is 11.5 Å². The summed E-state index contributed by atoms with van der Waals surface area (Å²) in [5.41, 5.74) is 2.95. The molecule has 2 aromatic rings. The van der Waals surface area contributed by atoms with Gasteiger partial charge < -0.3 is 14.8 Å². The number of fused-ring (bicyclic) bond motifs is 1. The summed E-state index contributed by atoms with van der Waals surface area (Å²) in [6.07, 6.45) is -0.296. The molecule has 0 unspecified atom stereocenters. The van der Waals surface area contributed by atoms with Gasteiger partial charge in [0.2, 0.25) is 0 Å². The number of alkyl halides is 3. The monoisotopic (exact) mass is 365 g/mol. The Kier molecular flexibility index (Phi) is 5.35. The van der Waals surface area contributed by atoms with Crippen LogP contribution in [0, 0.1) is 0 Å². The number of nitrogens with one attached hydrogen (secondary N) is 1. The van der Waals surface area contributed by atoms with Crippen molar-refractivity contribution >= 4 is 11.6 Å². The predicted octanol–water partition coefficient (Wildman–Crippen LogP) is 4.48. The smallest absolute Gasteiger partial charge is 0.484 e.